The standard InChI is InChI=1S/C13H27N3O.2ClH/c1-10(2)16(3)8-7-15-13(17)9-11-5-4-6-12(11)14;;/h10-12H,4-9,14H2,1-3H3,(H,15,17);2*1H/t11-,12+;;/m0../s1. The molecule has 0 saturated heterocycles. The maximum atomic E-state index is 11.7. The summed E-state index contributed by atoms with van der Waals surface area (Å²) in [5, 5.41) is 2.98. The number of carbonyl (C=O) groups excluding carboxylic acids is 1. The number of hydrogen-bond donors (Lipinski definition) is 2. The highest BCUT2D eigenvalue weighted by molar-refractivity contribution is 5.85. The van der Waals surface area contributed by atoms with Crippen LogP contribution in [0.3, 0.4) is 0 Å². The average Bonchev–Trinajstić information content (AvgIpc) is 2.64. The Morgan fingerprint density at radius 3 is 2.47 bits per heavy atom. The molecule has 116 valence electrons. The molecule has 1 amide bonds. The molecule has 0 heterocycles. The molecule has 2 atom stereocenters. The van der Waals surface area contributed by atoms with Gasteiger partial charge in [-0.15, -0.1) is 24.8 Å². The molecule has 0 radical (unpaired) electrons. The van der Waals surface area contributed by atoms with Gasteiger partial charge in [0.15, 0.2) is 0 Å². The zero-order valence-electron chi connectivity index (χ0n) is 12.2. The van der Waals surface area contributed by atoms with Crippen molar-refractivity contribution in [3.05, 3.63) is 0 Å². The summed E-state index contributed by atoms with van der Waals surface area (Å²) in [5.74, 6) is 0.558. The Morgan fingerprint density at radius 2 is 2.00 bits per heavy atom. The third-order valence-corrected chi connectivity index (χ3v) is 3.83. The van der Waals surface area contributed by atoms with Crippen molar-refractivity contribution >= 4 is 30.7 Å². The van der Waals surface area contributed by atoms with Gasteiger partial charge in [0.2, 0.25) is 5.91 Å². The maximum absolute atomic E-state index is 11.7. The summed E-state index contributed by atoms with van der Waals surface area (Å²) in [6, 6.07) is 0.759. The van der Waals surface area contributed by atoms with E-state index in [9.17, 15) is 4.79 Å². The van der Waals surface area contributed by atoms with E-state index < -0.39 is 0 Å². The Hall–Kier alpha value is -0.0300. The number of nitrogens with zero attached hydrogens (tertiary/aromatic N) is 1. The summed E-state index contributed by atoms with van der Waals surface area (Å²) in [7, 11) is 2.07. The molecule has 1 saturated carbocycles. The summed E-state index contributed by atoms with van der Waals surface area (Å²) in [5.41, 5.74) is 5.96. The van der Waals surface area contributed by atoms with Gasteiger partial charge in [-0.25, -0.2) is 0 Å². The van der Waals surface area contributed by atoms with Crippen molar-refractivity contribution in [2.24, 2.45) is 11.7 Å². The van der Waals surface area contributed by atoms with E-state index in [-0.39, 0.29) is 36.8 Å². The number of nitrogens with one attached hydrogen (secondary N) is 1. The molecule has 0 bridgehead atoms. The first-order chi connectivity index (χ1) is 8.00. The van der Waals surface area contributed by atoms with Crippen molar-refractivity contribution in [3.8, 4) is 0 Å². The molecule has 1 rings (SSSR count). The lowest BCUT2D eigenvalue weighted by Gasteiger charge is -2.21. The van der Waals surface area contributed by atoms with Gasteiger partial charge in [-0.3, -0.25) is 4.79 Å². The molecule has 1 fully saturated rings. The average molecular weight is 314 g/mol. The lowest BCUT2D eigenvalue weighted by molar-refractivity contribution is -0.122. The van der Waals surface area contributed by atoms with Crippen LogP contribution in [0.4, 0.5) is 0 Å². The smallest absolute Gasteiger partial charge is 0.220 e. The second kappa shape index (κ2) is 10.7. The second-order valence-corrected chi connectivity index (χ2v) is 5.48. The lowest BCUT2D eigenvalue weighted by Crippen LogP contribution is -2.37. The highest BCUT2D eigenvalue weighted by Crippen LogP contribution is 2.26. The van der Waals surface area contributed by atoms with Gasteiger partial charge in [-0.1, -0.05) is 6.42 Å². The maximum Gasteiger partial charge on any atom is 0.220 e. The summed E-state index contributed by atoms with van der Waals surface area (Å²) in [6.45, 7) is 5.94. The number of amides is 1. The fourth-order valence-corrected chi connectivity index (χ4v) is 2.26. The molecule has 1 aliphatic carbocycles. The van der Waals surface area contributed by atoms with Crippen LogP contribution in [-0.4, -0.2) is 43.0 Å². The number of hydrogen-bond acceptors (Lipinski definition) is 3. The van der Waals surface area contributed by atoms with E-state index in [1.807, 2.05) is 0 Å². The number of carbonyl (C=O) groups is 1. The van der Waals surface area contributed by atoms with Gasteiger partial charge in [0.05, 0.1) is 0 Å². The predicted molar refractivity (Wildman–Crippen MR) is 85.2 cm³/mol. The quantitative estimate of drug-likeness (QED) is 0.786. The molecule has 0 unspecified atom stereocenters. The van der Waals surface area contributed by atoms with Crippen molar-refractivity contribution in [3.63, 3.8) is 0 Å². The van der Waals surface area contributed by atoms with Gasteiger partial charge in [-0.05, 0) is 39.7 Å². The van der Waals surface area contributed by atoms with E-state index in [1.54, 1.807) is 0 Å². The molecule has 3 N–H and O–H groups in total. The Morgan fingerprint density at radius 1 is 1.37 bits per heavy atom. The Labute approximate surface area is 129 Å². The topological polar surface area (TPSA) is 58.4 Å². The lowest BCUT2D eigenvalue weighted by atomic mass is 10.00. The minimum atomic E-state index is 0. The number of likely N-dealkylation sites (N-methyl/N-ethyl adjacent to an activating group) is 1. The van der Waals surface area contributed by atoms with Gasteiger partial charge in [0.1, 0.15) is 0 Å². The molecule has 6 heteroatoms. The summed E-state index contributed by atoms with van der Waals surface area (Å²) >= 11 is 0. The predicted octanol–water partition coefficient (Wildman–Crippen LogP) is 1.80. The largest absolute Gasteiger partial charge is 0.355 e. The second-order valence-electron chi connectivity index (χ2n) is 5.48. The Bertz CT molecular complexity index is 252. The SMILES string of the molecule is CC(C)N(C)CCNC(=O)C[C@@H]1CCC[C@H]1N.Cl.Cl. The van der Waals surface area contributed by atoms with E-state index >= 15 is 0 Å². The van der Waals surface area contributed by atoms with Gasteiger partial charge < -0.3 is 16.0 Å². The zero-order valence-corrected chi connectivity index (χ0v) is 13.9. The van der Waals surface area contributed by atoms with Crippen LogP contribution in [0.1, 0.15) is 39.5 Å². The van der Waals surface area contributed by atoms with Gasteiger partial charge in [-0.2, -0.15) is 0 Å². The number of rotatable bonds is 6. The van der Waals surface area contributed by atoms with Gasteiger partial charge in [0, 0.05) is 31.6 Å². The van der Waals surface area contributed by atoms with Crippen molar-refractivity contribution in [1.29, 1.82) is 0 Å². The zero-order chi connectivity index (χ0) is 12.8. The summed E-state index contributed by atoms with van der Waals surface area (Å²) in [6.07, 6.45) is 3.97. The highest BCUT2D eigenvalue weighted by atomic mass is 35.5. The minimum Gasteiger partial charge on any atom is -0.355 e. The van der Waals surface area contributed by atoms with Crippen LogP contribution in [0.5, 0.6) is 0 Å². The van der Waals surface area contributed by atoms with E-state index in [0.29, 0.717) is 18.4 Å². The third-order valence-electron chi connectivity index (χ3n) is 3.83. The molecule has 4 nitrogen and oxygen atoms in total. The molecule has 0 aromatic carbocycles. The highest BCUT2D eigenvalue weighted by Gasteiger charge is 2.25. The number of nitrogens with two attached hydrogens (primary N) is 1. The van der Waals surface area contributed by atoms with Crippen LogP contribution in [0.15, 0.2) is 0 Å². The van der Waals surface area contributed by atoms with Crippen molar-refractivity contribution in [1.82, 2.24) is 10.2 Å². The molecule has 0 aromatic rings. The van der Waals surface area contributed by atoms with Gasteiger partial charge >= 0.3 is 0 Å². The monoisotopic (exact) mass is 313 g/mol. The van der Waals surface area contributed by atoms with Gasteiger partial charge in [0.25, 0.3) is 0 Å². The van der Waals surface area contributed by atoms with Crippen LogP contribution in [0, 0.1) is 5.92 Å². The fraction of sp³-hybridized carbons (Fsp3) is 0.923. The van der Waals surface area contributed by atoms with Crippen LogP contribution in [-0.2, 0) is 4.79 Å². The first-order valence-electron chi connectivity index (χ1n) is 6.73. The Kier molecular flexibility index (Phi) is 12.0. The molecule has 0 aromatic heterocycles. The van der Waals surface area contributed by atoms with Crippen LogP contribution in [0.25, 0.3) is 0 Å². The van der Waals surface area contributed by atoms with Crippen molar-refractivity contribution in [2.75, 3.05) is 20.1 Å². The van der Waals surface area contributed by atoms with Crippen LogP contribution < -0.4 is 11.1 Å². The van der Waals surface area contributed by atoms with Crippen molar-refractivity contribution in [2.45, 2.75) is 51.6 Å². The van der Waals surface area contributed by atoms with Crippen LogP contribution >= 0.6 is 24.8 Å². The molecule has 1 aliphatic rings. The van der Waals surface area contributed by atoms with E-state index in [0.717, 1.165) is 25.9 Å². The molecular formula is C13H29Cl2N3O. The normalized spacial score (nSPS) is 22.0. The first-order valence-corrected chi connectivity index (χ1v) is 6.73. The Balaban J connectivity index is 0. The third kappa shape index (κ3) is 7.98. The number of halogens is 2. The minimum absolute atomic E-state index is 0. The molecular weight excluding hydrogens is 285 g/mol. The molecule has 0 aliphatic heterocycles. The van der Waals surface area contributed by atoms with E-state index in [4.69, 9.17) is 5.73 Å². The summed E-state index contributed by atoms with van der Waals surface area (Å²) < 4.78 is 0. The van der Waals surface area contributed by atoms with Crippen molar-refractivity contribution < 1.29 is 4.79 Å². The first kappa shape index (κ1) is 21.3. The van der Waals surface area contributed by atoms with Crippen LogP contribution in [0.2, 0.25) is 0 Å². The van der Waals surface area contributed by atoms with E-state index in [2.05, 4.69) is 31.1 Å². The van der Waals surface area contributed by atoms with E-state index in [1.165, 1.54) is 6.42 Å². The summed E-state index contributed by atoms with van der Waals surface area (Å²) in [4.78, 5) is 13.9. The fourth-order valence-electron chi connectivity index (χ4n) is 2.26. The molecule has 0 spiro atoms. The molecule has 19 heavy (non-hydrogen) atoms.